The third kappa shape index (κ3) is 2.23. The van der Waals surface area contributed by atoms with E-state index in [4.69, 9.17) is 5.73 Å². The van der Waals surface area contributed by atoms with Crippen molar-refractivity contribution in [1.82, 2.24) is 9.55 Å². The Kier molecular flexibility index (Phi) is 2.83. The maximum absolute atomic E-state index is 5.66. The van der Waals surface area contributed by atoms with Crippen LogP contribution >= 0.6 is 0 Å². The van der Waals surface area contributed by atoms with Gasteiger partial charge < -0.3 is 10.3 Å². The van der Waals surface area contributed by atoms with Crippen LogP contribution in [0, 0.1) is 5.41 Å². The zero-order chi connectivity index (χ0) is 10.9. The van der Waals surface area contributed by atoms with Crippen molar-refractivity contribution in [3.8, 4) is 0 Å². The molecule has 1 fully saturated rings. The molecule has 0 saturated heterocycles. The first kappa shape index (κ1) is 10.7. The summed E-state index contributed by atoms with van der Waals surface area (Å²) < 4.78 is 2.31. The van der Waals surface area contributed by atoms with Crippen molar-refractivity contribution < 1.29 is 0 Å². The van der Waals surface area contributed by atoms with Gasteiger partial charge in [0.05, 0.1) is 0 Å². The average Bonchev–Trinajstić information content (AvgIpc) is 2.77. The zero-order valence-electron chi connectivity index (χ0n) is 9.74. The van der Waals surface area contributed by atoms with E-state index in [1.54, 1.807) is 0 Å². The Labute approximate surface area is 91.7 Å². The summed E-state index contributed by atoms with van der Waals surface area (Å²) in [5, 5.41) is 0. The van der Waals surface area contributed by atoms with Crippen LogP contribution in [-0.2, 0) is 6.54 Å². The van der Waals surface area contributed by atoms with Crippen molar-refractivity contribution in [2.45, 2.75) is 45.6 Å². The second-order valence-electron chi connectivity index (χ2n) is 5.11. The van der Waals surface area contributed by atoms with Gasteiger partial charge in [-0.3, -0.25) is 0 Å². The van der Waals surface area contributed by atoms with Crippen LogP contribution in [0.3, 0.4) is 0 Å². The minimum atomic E-state index is 0.499. The van der Waals surface area contributed by atoms with E-state index in [1.807, 2.05) is 6.20 Å². The molecule has 0 atom stereocenters. The van der Waals surface area contributed by atoms with Gasteiger partial charge in [-0.1, -0.05) is 13.8 Å². The smallest absolute Gasteiger partial charge is 0.111 e. The van der Waals surface area contributed by atoms with Crippen LogP contribution in [0.1, 0.15) is 44.9 Å². The largest absolute Gasteiger partial charge is 0.334 e. The molecule has 15 heavy (non-hydrogen) atoms. The molecule has 1 aliphatic rings. The van der Waals surface area contributed by atoms with Crippen molar-refractivity contribution in [3.05, 3.63) is 18.2 Å². The second kappa shape index (κ2) is 3.97. The van der Waals surface area contributed by atoms with Crippen molar-refractivity contribution in [1.29, 1.82) is 0 Å². The van der Waals surface area contributed by atoms with Crippen LogP contribution in [0.5, 0.6) is 0 Å². The topological polar surface area (TPSA) is 43.8 Å². The van der Waals surface area contributed by atoms with Gasteiger partial charge in [-0.2, -0.15) is 0 Å². The Morgan fingerprint density at radius 3 is 2.80 bits per heavy atom. The van der Waals surface area contributed by atoms with Gasteiger partial charge in [0.1, 0.15) is 5.82 Å². The predicted octanol–water partition coefficient (Wildman–Crippen LogP) is 2.14. The van der Waals surface area contributed by atoms with Crippen LogP contribution < -0.4 is 5.73 Å². The highest BCUT2D eigenvalue weighted by molar-refractivity contribution is 5.02. The summed E-state index contributed by atoms with van der Waals surface area (Å²) >= 11 is 0. The molecule has 1 aromatic heterocycles. The summed E-state index contributed by atoms with van der Waals surface area (Å²) in [7, 11) is 0. The quantitative estimate of drug-likeness (QED) is 0.804. The first-order chi connectivity index (χ1) is 7.17. The first-order valence-electron chi connectivity index (χ1n) is 5.88. The molecule has 3 heteroatoms. The second-order valence-corrected chi connectivity index (χ2v) is 5.11. The maximum Gasteiger partial charge on any atom is 0.111 e. The number of rotatable bonds is 5. The van der Waals surface area contributed by atoms with Crippen LogP contribution in [-0.4, -0.2) is 16.1 Å². The third-order valence-electron chi connectivity index (χ3n) is 3.40. The fourth-order valence-corrected chi connectivity index (χ4v) is 2.29. The van der Waals surface area contributed by atoms with E-state index in [1.165, 1.54) is 18.7 Å². The van der Waals surface area contributed by atoms with E-state index in [0.29, 0.717) is 11.3 Å². The van der Waals surface area contributed by atoms with Gasteiger partial charge in [-0.05, 0) is 31.2 Å². The molecule has 0 amide bonds. The Morgan fingerprint density at radius 1 is 1.53 bits per heavy atom. The molecule has 0 radical (unpaired) electrons. The lowest BCUT2D eigenvalue weighted by molar-refractivity contribution is 0.387. The summed E-state index contributed by atoms with van der Waals surface area (Å²) in [6.07, 6.45) is 7.84. The van der Waals surface area contributed by atoms with Gasteiger partial charge in [-0.15, -0.1) is 0 Å². The van der Waals surface area contributed by atoms with E-state index < -0.39 is 0 Å². The molecular weight excluding hydrogens is 186 g/mol. The lowest BCUT2D eigenvalue weighted by Gasteiger charge is -2.17. The van der Waals surface area contributed by atoms with Gasteiger partial charge in [0.2, 0.25) is 0 Å². The summed E-state index contributed by atoms with van der Waals surface area (Å²) in [6, 6.07) is 0. The molecule has 1 aliphatic carbocycles. The number of imidazole rings is 1. The monoisotopic (exact) mass is 207 g/mol. The summed E-state index contributed by atoms with van der Waals surface area (Å²) in [5.41, 5.74) is 6.16. The third-order valence-corrected chi connectivity index (χ3v) is 3.40. The SMILES string of the molecule is CC(C)c1nccn1CC1(CCN)CC1. The molecule has 1 heterocycles. The maximum atomic E-state index is 5.66. The van der Waals surface area contributed by atoms with Gasteiger partial charge in [0.25, 0.3) is 0 Å². The molecule has 1 aromatic rings. The number of aromatic nitrogens is 2. The zero-order valence-corrected chi connectivity index (χ0v) is 9.74. The van der Waals surface area contributed by atoms with Crippen LogP contribution in [0.15, 0.2) is 12.4 Å². The molecular formula is C12H21N3. The van der Waals surface area contributed by atoms with E-state index in [2.05, 4.69) is 29.6 Å². The van der Waals surface area contributed by atoms with Crippen LogP contribution in [0.2, 0.25) is 0 Å². The Hall–Kier alpha value is -0.830. The number of hydrogen-bond acceptors (Lipinski definition) is 2. The van der Waals surface area contributed by atoms with E-state index >= 15 is 0 Å². The number of nitrogens with zero attached hydrogens (tertiary/aromatic N) is 2. The molecule has 1 saturated carbocycles. The fraction of sp³-hybridized carbons (Fsp3) is 0.750. The average molecular weight is 207 g/mol. The first-order valence-corrected chi connectivity index (χ1v) is 5.88. The molecule has 84 valence electrons. The van der Waals surface area contributed by atoms with Gasteiger partial charge in [0.15, 0.2) is 0 Å². The minimum Gasteiger partial charge on any atom is -0.334 e. The van der Waals surface area contributed by atoms with Crippen molar-refractivity contribution in [2.75, 3.05) is 6.54 Å². The summed E-state index contributed by atoms with van der Waals surface area (Å²) in [6.45, 7) is 6.31. The highest BCUT2D eigenvalue weighted by Gasteiger charge is 2.42. The lowest BCUT2D eigenvalue weighted by atomic mass is 10.0. The van der Waals surface area contributed by atoms with E-state index in [-0.39, 0.29) is 0 Å². The standard InChI is InChI=1S/C12H21N3/c1-10(2)11-14-7-8-15(11)9-12(3-4-12)5-6-13/h7-8,10H,3-6,9,13H2,1-2H3. The highest BCUT2D eigenvalue weighted by Crippen LogP contribution is 2.50. The van der Waals surface area contributed by atoms with Crippen molar-refractivity contribution in [2.24, 2.45) is 11.1 Å². The normalized spacial score (nSPS) is 18.4. The molecule has 0 bridgehead atoms. The van der Waals surface area contributed by atoms with Gasteiger partial charge >= 0.3 is 0 Å². The molecule has 2 N–H and O–H groups in total. The summed E-state index contributed by atoms with van der Waals surface area (Å²) in [5.74, 6) is 1.71. The van der Waals surface area contributed by atoms with Crippen molar-refractivity contribution >= 4 is 0 Å². The van der Waals surface area contributed by atoms with Crippen molar-refractivity contribution in [3.63, 3.8) is 0 Å². The lowest BCUT2D eigenvalue weighted by Crippen LogP contribution is -2.17. The van der Waals surface area contributed by atoms with Crippen LogP contribution in [0.4, 0.5) is 0 Å². The molecule has 0 unspecified atom stereocenters. The number of hydrogen-bond donors (Lipinski definition) is 1. The Bertz CT molecular complexity index is 323. The van der Waals surface area contributed by atoms with Gasteiger partial charge in [0, 0.05) is 24.9 Å². The Morgan fingerprint density at radius 2 is 2.27 bits per heavy atom. The number of nitrogens with two attached hydrogens (primary N) is 1. The predicted molar refractivity (Wildman–Crippen MR) is 61.7 cm³/mol. The minimum absolute atomic E-state index is 0.499. The fourth-order valence-electron chi connectivity index (χ4n) is 2.29. The van der Waals surface area contributed by atoms with Crippen LogP contribution in [0.25, 0.3) is 0 Å². The Balaban J connectivity index is 2.07. The van der Waals surface area contributed by atoms with E-state index in [0.717, 1.165) is 19.5 Å². The molecule has 2 rings (SSSR count). The van der Waals surface area contributed by atoms with Gasteiger partial charge in [-0.25, -0.2) is 4.98 Å². The molecule has 3 nitrogen and oxygen atoms in total. The summed E-state index contributed by atoms with van der Waals surface area (Å²) in [4.78, 5) is 4.42. The van der Waals surface area contributed by atoms with E-state index in [9.17, 15) is 0 Å². The molecule has 0 aliphatic heterocycles. The molecule has 0 spiro atoms. The molecule has 0 aromatic carbocycles. The highest BCUT2D eigenvalue weighted by atomic mass is 15.1.